The average molecular weight is 269 g/mol. The molecule has 0 radical (unpaired) electrons. The highest BCUT2D eigenvalue weighted by molar-refractivity contribution is 7.08. The van der Waals surface area contributed by atoms with E-state index in [1.807, 2.05) is 0 Å². The highest BCUT2D eigenvalue weighted by Gasteiger charge is 2.18. The molecular formula is C10H15N5O2S. The molecule has 1 aliphatic rings. The first-order valence-electron chi connectivity index (χ1n) is 5.74. The molecule has 18 heavy (non-hydrogen) atoms. The molecule has 0 aliphatic carbocycles. The van der Waals surface area contributed by atoms with Crippen LogP contribution in [0.5, 0.6) is 0 Å². The van der Waals surface area contributed by atoms with E-state index in [-0.39, 0.29) is 18.4 Å². The minimum absolute atomic E-state index is 0.0240. The van der Waals surface area contributed by atoms with Crippen molar-refractivity contribution in [3.8, 4) is 0 Å². The van der Waals surface area contributed by atoms with Crippen LogP contribution in [0, 0.1) is 6.92 Å². The Morgan fingerprint density at radius 1 is 1.44 bits per heavy atom. The topological polar surface area (TPSA) is 87.2 Å². The van der Waals surface area contributed by atoms with Gasteiger partial charge in [0.1, 0.15) is 4.88 Å². The molecule has 1 aliphatic heterocycles. The van der Waals surface area contributed by atoms with Crippen LogP contribution >= 0.6 is 11.5 Å². The average Bonchev–Trinajstić information content (AvgIpc) is 2.83. The van der Waals surface area contributed by atoms with E-state index in [0.717, 1.165) is 24.6 Å². The lowest BCUT2D eigenvalue weighted by atomic mass is 10.3. The molecule has 7 nitrogen and oxygen atoms in total. The van der Waals surface area contributed by atoms with Gasteiger partial charge in [-0.2, -0.15) is 0 Å². The Hall–Kier alpha value is -1.54. The molecule has 0 spiro atoms. The Morgan fingerprint density at radius 3 is 2.78 bits per heavy atom. The van der Waals surface area contributed by atoms with Crippen LogP contribution in [0.2, 0.25) is 0 Å². The van der Waals surface area contributed by atoms with Gasteiger partial charge < -0.3 is 15.5 Å². The van der Waals surface area contributed by atoms with Gasteiger partial charge in [0, 0.05) is 26.2 Å². The summed E-state index contributed by atoms with van der Waals surface area (Å²) < 4.78 is 3.69. The van der Waals surface area contributed by atoms with Gasteiger partial charge >= 0.3 is 0 Å². The third kappa shape index (κ3) is 3.02. The molecule has 0 unspecified atom stereocenters. The number of aromatic nitrogens is 2. The van der Waals surface area contributed by atoms with Crippen molar-refractivity contribution < 1.29 is 9.59 Å². The number of piperazine rings is 1. The normalized spacial score (nSPS) is 15.5. The van der Waals surface area contributed by atoms with Gasteiger partial charge in [-0.3, -0.25) is 9.59 Å². The fraction of sp³-hybridized carbons (Fsp3) is 0.600. The molecule has 0 bridgehead atoms. The minimum atomic E-state index is -0.286. The highest BCUT2D eigenvalue weighted by atomic mass is 32.1. The van der Waals surface area contributed by atoms with Gasteiger partial charge in [-0.1, -0.05) is 4.49 Å². The second kappa shape index (κ2) is 5.87. The van der Waals surface area contributed by atoms with E-state index in [9.17, 15) is 9.59 Å². The molecule has 0 aromatic carbocycles. The first kappa shape index (κ1) is 12.9. The Morgan fingerprint density at radius 2 is 2.17 bits per heavy atom. The van der Waals surface area contributed by atoms with Crippen molar-refractivity contribution in [2.45, 2.75) is 6.92 Å². The zero-order valence-corrected chi connectivity index (χ0v) is 10.9. The monoisotopic (exact) mass is 269 g/mol. The second-order valence-electron chi connectivity index (χ2n) is 4.00. The molecular weight excluding hydrogens is 254 g/mol. The molecule has 2 N–H and O–H groups in total. The summed E-state index contributed by atoms with van der Waals surface area (Å²) in [5.74, 6) is -0.342. The Bertz CT molecular complexity index is 441. The summed E-state index contributed by atoms with van der Waals surface area (Å²) in [4.78, 5) is 25.8. The number of carbonyl (C=O) groups excluding carboxylic acids is 2. The summed E-state index contributed by atoms with van der Waals surface area (Å²) in [7, 11) is 0. The van der Waals surface area contributed by atoms with Crippen LogP contribution in [-0.4, -0.2) is 59.0 Å². The van der Waals surface area contributed by atoms with Crippen LogP contribution in [-0.2, 0) is 4.79 Å². The lowest BCUT2D eigenvalue weighted by molar-refractivity contribution is -0.130. The smallest absolute Gasteiger partial charge is 0.265 e. The standard InChI is InChI=1S/C10H15N5O2S/c1-7-9(18-14-13-7)10(17)12-6-8(16)15-4-2-11-3-5-15/h11H,2-6H2,1H3,(H,12,17). The first-order valence-corrected chi connectivity index (χ1v) is 6.51. The van der Waals surface area contributed by atoms with E-state index in [1.165, 1.54) is 0 Å². The molecule has 2 heterocycles. The number of aryl methyl sites for hydroxylation is 1. The van der Waals surface area contributed by atoms with Gasteiger partial charge in [0.25, 0.3) is 5.91 Å². The Labute approximate surface area is 109 Å². The molecule has 2 rings (SSSR count). The summed E-state index contributed by atoms with van der Waals surface area (Å²) >= 11 is 1.04. The van der Waals surface area contributed by atoms with Crippen molar-refractivity contribution >= 4 is 23.3 Å². The number of nitrogens with zero attached hydrogens (tertiary/aromatic N) is 3. The van der Waals surface area contributed by atoms with E-state index < -0.39 is 0 Å². The van der Waals surface area contributed by atoms with Crippen LogP contribution in [0.3, 0.4) is 0 Å². The quantitative estimate of drug-likeness (QED) is 0.735. The summed E-state index contributed by atoms with van der Waals surface area (Å²) in [6, 6.07) is 0. The lowest BCUT2D eigenvalue weighted by Crippen LogP contribution is -2.49. The number of carbonyl (C=O) groups is 2. The van der Waals surface area contributed by atoms with Crippen molar-refractivity contribution in [1.82, 2.24) is 25.1 Å². The maximum atomic E-state index is 11.8. The maximum Gasteiger partial charge on any atom is 0.265 e. The SMILES string of the molecule is Cc1nnsc1C(=O)NCC(=O)N1CCNCC1. The van der Waals surface area contributed by atoms with E-state index in [4.69, 9.17) is 0 Å². The molecule has 1 aromatic rings. The van der Waals surface area contributed by atoms with Crippen LogP contribution in [0.25, 0.3) is 0 Å². The van der Waals surface area contributed by atoms with Crippen LogP contribution in [0.4, 0.5) is 0 Å². The minimum Gasteiger partial charge on any atom is -0.342 e. The van der Waals surface area contributed by atoms with Crippen molar-refractivity contribution in [2.24, 2.45) is 0 Å². The predicted octanol–water partition coefficient (Wildman–Crippen LogP) is -0.992. The fourth-order valence-electron chi connectivity index (χ4n) is 1.70. The van der Waals surface area contributed by atoms with Crippen LogP contribution in [0.1, 0.15) is 15.4 Å². The van der Waals surface area contributed by atoms with Crippen molar-refractivity contribution in [2.75, 3.05) is 32.7 Å². The molecule has 98 valence electrons. The number of rotatable bonds is 3. The van der Waals surface area contributed by atoms with Gasteiger partial charge in [0.2, 0.25) is 5.91 Å². The maximum absolute atomic E-state index is 11.8. The third-order valence-corrected chi connectivity index (χ3v) is 3.55. The second-order valence-corrected chi connectivity index (χ2v) is 4.76. The summed E-state index contributed by atoms with van der Waals surface area (Å²) in [6.07, 6.45) is 0. The largest absolute Gasteiger partial charge is 0.342 e. The summed E-state index contributed by atoms with van der Waals surface area (Å²) in [5, 5.41) is 9.53. The van der Waals surface area contributed by atoms with Crippen molar-refractivity contribution in [1.29, 1.82) is 0 Å². The summed E-state index contributed by atoms with van der Waals surface area (Å²) in [6.45, 7) is 4.73. The Kier molecular flexibility index (Phi) is 4.21. The van der Waals surface area contributed by atoms with Gasteiger partial charge in [0.15, 0.2) is 0 Å². The van der Waals surface area contributed by atoms with Crippen molar-refractivity contribution in [3.05, 3.63) is 10.6 Å². The number of nitrogens with one attached hydrogen (secondary N) is 2. The predicted molar refractivity (Wildman–Crippen MR) is 66.4 cm³/mol. The van der Waals surface area contributed by atoms with Crippen molar-refractivity contribution in [3.63, 3.8) is 0 Å². The first-order chi connectivity index (χ1) is 8.68. The number of hydrogen-bond donors (Lipinski definition) is 2. The lowest BCUT2D eigenvalue weighted by Gasteiger charge is -2.27. The van der Waals surface area contributed by atoms with E-state index in [1.54, 1.807) is 11.8 Å². The van der Waals surface area contributed by atoms with Gasteiger partial charge in [-0.05, 0) is 18.5 Å². The van der Waals surface area contributed by atoms with Gasteiger partial charge in [-0.15, -0.1) is 5.10 Å². The van der Waals surface area contributed by atoms with Crippen LogP contribution < -0.4 is 10.6 Å². The third-order valence-electron chi connectivity index (χ3n) is 2.73. The molecule has 0 atom stereocenters. The van der Waals surface area contributed by atoms with Gasteiger partial charge in [0.05, 0.1) is 12.2 Å². The fourth-order valence-corrected chi connectivity index (χ4v) is 2.27. The zero-order valence-electron chi connectivity index (χ0n) is 10.1. The highest BCUT2D eigenvalue weighted by Crippen LogP contribution is 2.08. The zero-order chi connectivity index (χ0) is 13.0. The van der Waals surface area contributed by atoms with Crippen LogP contribution in [0.15, 0.2) is 0 Å². The summed E-state index contributed by atoms with van der Waals surface area (Å²) in [5.41, 5.74) is 0.590. The van der Waals surface area contributed by atoms with E-state index in [0.29, 0.717) is 23.7 Å². The Balaban J connectivity index is 1.82. The molecule has 8 heteroatoms. The molecule has 2 amide bonds. The molecule has 1 fully saturated rings. The van der Waals surface area contributed by atoms with E-state index >= 15 is 0 Å². The number of hydrogen-bond acceptors (Lipinski definition) is 6. The number of amides is 2. The molecule has 1 saturated heterocycles. The van der Waals surface area contributed by atoms with E-state index in [2.05, 4.69) is 20.2 Å². The van der Waals surface area contributed by atoms with Gasteiger partial charge in [-0.25, -0.2) is 0 Å². The molecule has 1 aromatic heterocycles. The molecule has 0 saturated carbocycles.